The summed E-state index contributed by atoms with van der Waals surface area (Å²) in [5.74, 6) is 0.846. The molecule has 2 aromatic rings. The van der Waals surface area contributed by atoms with Gasteiger partial charge in [-0.2, -0.15) is 0 Å². The molecular formula is C21H26N2O2. The molecule has 0 heterocycles. The molecule has 0 atom stereocenters. The summed E-state index contributed by atoms with van der Waals surface area (Å²) in [6.45, 7) is 7.82. The minimum absolute atomic E-state index is 0.0247. The lowest BCUT2D eigenvalue weighted by Crippen LogP contribution is -2.34. The van der Waals surface area contributed by atoms with Crippen LogP contribution in [0, 0.1) is 6.92 Å². The van der Waals surface area contributed by atoms with Gasteiger partial charge in [-0.15, -0.1) is 0 Å². The number of carbonyl (C=O) groups is 1. The lowest BCUT2D eigenvalue weighted by Gasteiger charge is -2.17. The first kappa shape index (κ1) is 18.7. The van der Waals surface area contributed by atoms with Crippen LogP contribution in [0.15, 0.2) is 61.2 Å². The van der Waals surface area contributed by atoms with E-state index in [1.807, 2.05) is 54.4 Å². The molecule has 25 heavy (non-hydrogen) atoms. The maximum Gasteiger partial charge on any atom is 0.234 e. The number of likely N-dealkylation sites (N-methyl/N-ethyl adjacent to an activating group) is 1. The minimum atomic E-state index is 0.0247. The zero-order valence-electron chi connectivity index (χ0n) is 15.0. The van der Waals surface area contributed by atoms with Crippen molar-refractivity contribution in [1.29, 1.82) is 0 Å². The van der Waals surface area contributed by atoms with Gasteiger partial charge in [-0.3, -0.25) is 9.69 Å². The highest BCUT2D eigenvalue weighted by molar-refractivity contribution is 5.78. The Kier molecular flexibility index (Phi) is 7.23. The number of rotatable bonds is 9. The molecule has 4 nitrogen and oxygen atoms in total. The Morgan fingerprint density at radius 2 is 1.92 bits per heavy atom. The quantitative estimate of drug-likeness (QED) is 0.713. The predicted octanol–water partition coefficient (Wildman–Crippen LogP) is 3.31. The molecule has 0 spiro atoms. The van der Waals surface area contributed by atoms with Crippen LogP contribution in [0.3, 0.4) is 0 Å². The van der Waals surface area contributed by atoms with Crippen LogP contribution in [0.1, 0.15) is 16.7 Å². The normalized spacial score (nSPS) is 10.5. The fourth-order valence-electron chi connectivity index (χ4n) is 2.52. The number of hydrogen-bond donors (Lipinski definition) is 1. The first-order valence-corrected chi connectivity index (χ1v) is 8.41. The molecule has 0 aliphatic rings. The Balaban J connectivity index is 1.77. The average Bonchev–Trinajstić information content (AvgIpc) is 2.60. The predicted molar refractivity (Wildman–Crippen MR) is 101 cm³/mol. The van der Waals surface area contributed by atoms with Crippen molar-refractivity contribution in [3.63, 3.8) is 0 Å². The van der Waals surface area contributed by atoms with Crippen molar-refractivity contribution in [3.8, 4) is 5.75 Å². The van der Waals surface area contributed by atoms with Gasteiger partial charge in [0.05, 0.1) is 6.54 Å². The van der Waals surface area contributed by atoms with Crippen molar-refractivity contribution in [3.05, 3.63) is 77.9 Å². The number of carbonyl (C=O) groups excluding carboxylic acids is 1. The van der Waals surface area contributed by atoms with Gasteiger partial charge < -0.3 is 10.1 Å². The lowest BCUT2D eigenvalue weighted by molar-refractivity contribution is -0.122. The number of aryl methyl sites for hydroxylation is 1. The van der Waals surface area contributed by atoms with E-state index in [0.717, 1.165) is 16.9 Å². The molecule has 0 aromatic heterocycles. The first-order valence-electron chi connectivity index (χ1n) is 8.41. The molecule has 0 unspecified atom stereocenters. The Hall–Kier alpha value is -2.59. The Labute approximate surface area is 150 Å². The molecule has 0 fully saturated rings. The van der Waals surface area contributed by atoms with Crippen LogP contribution in [0.4, 0.5) is 0 Å². The van der Waals surface area contributed by atoms with Crippen molar-refractivity contribution >= 4 is 5.91 Å². The van der Waals surface area contributed by atoms with Crippen molar-refractivity contribution < 1.29 is 9.53 Å². The number of amides is 1. The second kappa shape index (κ2) is 9.64. The Bertz CT molecular complexity index is 695. The smallest absolute Gasteiger partial charge is 0.234 e. The summed E-state index contributed by atoms with van der Waals surface area (Å²) in [7, 11) is 1.94. The summed E-state index contributed by atoms with van der Waals surface area (Å²) in [6, 6.07) is 16.0. The maximum atomic E-state index is 12.1. The number of hydrogen-bond acceptors (Lipinski definition) is 3. The molecular weight excluding hydrogens is 312 g/mol. The highest BCUT2D eigenvalue weighted by atomic mass is 16.5. The topological polar surface area (TPSA) is 41.6 Å². The Morgan fingerprint density at radius 1 is 1.20 bits per heavy atom. The molecule has 0 aliphatic carbocycles. The zero-order valence-corrected chi connectivity index (χ0v) is 15.0. The first-order chi connectivity index (χ1) is 12.1. The number of nitrogens with one attached hydrogen (secondary N) is 1. The second-order valence-corrected chi connectivity index (χ2v) is 6.12. The average molecular weight is 338 g/mol. The molecule has 0 bridgehead atoms. The molecule has 2 rings (SSSR count). The molecule has 0 saturated carbocycles. The van der Waals surface area contributed by atoms with E-state index < -0.39 is 0 Å². The monoisotopic (exact) mass is 338 g/mol. The van der Waals surface area contributed by atoms with Gasteiger partial charge in [0.25, 0.3) is 0 Å². The number of ether oxygens (including phenoxy) is 1. The third-order valence-electron chi connectivity index (χ3n) is 3.89. The van der Waals surface area contributed by atoms with E-state index in [9.17, 15) is 4.79 Å². The van der Waals surface area contributed by atoms with Crippen LogP contribution < -0.4 is 10.1 Å². The van der Waals surface area contributed by atoms with Gasteiger partial charge >= 0.3 is 0 Å². The number of nitrogens with zero attached hydrogens (tertiary/aromatic N) is 1. The van der Waals surface area contributed by atoms with Crippen LogP contribution in [-0.4, -0.2) is 31.0 Å². The Morgan fingerprint density at radius 3 is 2.60 bits per heavy atom. The van der Waals surface area contributed by atoms with Crippen molar-refractivity contribution in [1.82, 2.24) is 10.2 Å². The van der Waals surface area contributed by atoms with E-state index in [1.54, 1.807) is 6.08 Å². The van der Waals surface area contributed by atoms with E-state index in [2.05, 4.69) is 24.9 Å². The summed E-state index contributed by atoms with van der Waals surface area (Å²) in [6.07, 6.45) is 1.72. The third kappa shape index (κ3) is 6.43. The minimum Gasteiger partial charge on any atom is -0.490 e. The van der Waals surface area contributed by atoms with Crippen LogP contribution in [0.25, 0.3) is 0 Å². The molecule has 0 saturated heterocycles. The van der Waals surface area contributed by atoms with Crippen LogP contribution in [0.2, 0.25) is 0 Å². The lowest BCUT2D eigenvalue weighted by atomic mass is 10.1. The largest absolute Gasteiger partial charge is 0.490 e. The van der Waals surface area contributed by atoms with Gasteiger partial charge in [0.2, 0.25) is 5.91 Å². The second-order valence-electron chi connectivity index (χ2n) is 6.12. The fraction of sp³-hybridized carbons (Fsp3) is 0.286. The van der Waals surface area contributed by atoms with Gasteiger partial charge in [-0.25, -0.2) is 0 Å². The van der Waals surface area contributed by atoms with E-state index in [4.69, 9.17) is 4.74 Å². The molecule has 0 radical (unpaired) electrons. The molecule has 4 heteroatoms. The van der Waals surface area contributed by atoms with E-state index in [1.165, 1.54) is 5.56 Å². The summed E-state index contributed by atoms with van der Waals surface area (Å²) in [4.78, 5) is 14.1. The standard InChI is InChI=1S/C21H26N2O2/c1-4-13-25-20-11-9-18(10-12-20)15-23(3)16-21(24)22-14-19-8-6-5-7-17(19)2/h4-12H,1,13-16H2,2-3H3,(H,22,24). The molecule has 1 amide bonds. The highest BCUT2D eigenvalue weighted by Gasteiger charge is 2.08. The summed E-state index contributed by atoms with van der Waals surface area (Å²) in [5, 5.41) is 2.98. The molecule has 2 aromatic carbocycles. The van der Waals surface area contributed by atoms with Crippen LogP contribution in [0.5, 0.6) is 5.75 Å². The molecule has 0 aliphatic heterocycles. The molecule has 132 valence electrons. The zero-order chi connectivity index (χ0) is 18.1. The maximum absolute atomic E-state index is 12.1. The van der Waals surface area contributed by atoms with E-state index >= 15 is 0 Å². The van der Waals surface area contributed by atoms with Gasteiger partial charge in [-0.05, 0) is 42.8 Å². The van der Waals surface area contributed by atoms with Crippen molar-refractivity contribution in [2.75, 3.05) is 20.2 Å². The van der Waals surface area contributed by atoms with Gasteiger partial charge in [0.15, 0.2) is 0 Å². The van der Waals surface area contributed by atoms with Gasteiger partial charge in [-0.1, -0.05) is 49.1 Å². The van der Waals surface area contributed by atoms with E-state index in [-0.39, 0.29) is 5.91 Å². The highest BCUT2D eigenvalue weighted by Crippen LogP contribution is 2.13. The van der Waals surface area contributed by atoms with Gasteiger partial charge in [0, 0.05) is 13.1 Å². The van der Waals surface area contributed by atoms with E-state index in [0.29, 0.717) is 26.2 Å². The summed E-state index contributed by atoms with van der Waals surface area (Å²) in [5.41, 5.74) is 3.48. The third-order valence-corrected chi connectivity index (χ3v) is 3.89. The summed E-state index contributed by atoms with van der Waals surface area (Å²) >= 11 is 0. The summed E-state index contributed by atoms with van der Waals surface area (Å²) < 4.78 is 5.47. The fourth-order valence-corrected chi connectivity index (χ4v) is 2.52. The van der Waals surface area contributed by atoms with Crippen molar-refractivity contribution in [2.45, 2.75) is 20.0 Å². The SMILES string of the molecule is C=CCOc1ccc(CN(C)CC(=O)NCc2ccccc2C)cc1. The van der Waals surface area contributed by atoms with Crippen LogP contribution in [-0.2, 0) is 17.9 Å². The van der Waals surface area contributed by atoms with Gasteiger partial charge in [0.1, 0.15) is 12.4 Å². The van der Waals surface area contributed by atoms with Crippen molar-refractivity contribution in [2.24, 2.45) is 0 Å². The molecule has 1 N–H and O–H groups in total. The van der Waals surface area contributed by atoms with Crippen LogP contribution >= 0.6 is 0 Å². The number of benzene rings is 2.